The number of hydrogen-bond acceptors (Lipinski definition) is 14. The summed E-state index contributed by atoms with van der Waals surface area (Å²) in [5.41, 5.74) is -4.84. The molecule has 14 nitrogen and oxygen atoms in total. The van der Waals surface area contributed by atoms with Gasteiger partial charge < -0.3 is 58.9 Å². The average molecular weight is 734 g/mol. The Balaban J connectivity index is 2.18. The second-order valence-electron chi connectivity index (χ2n) is 16.5. The Hall–Kier alpha value is -1.30. The first-order valence-electron chi connectivity index (χ1n) is 18.5. The molecule has 0 aliphatic carbocycles. The van der Waals surface area contributed by atoms with Crippen LogP contribution in [-0.4, -0.2) is 148 Å². The number of aliphatic hydroxyl groups is 5. The summed E-state index contributed by atoms with van der Waals surface area (Å²) in [5.74, 6) is -4.98. The molecule has 298 valence electrons. The lowest BCUT2D eigenvalue weighted by Gasteiger charge is -2.49. The largest absolute Gasteiger partial charge is 0.459 e. The zero-order valence-corrected chi connectivity index (χ0v) is 32.9. The van der Waals surface area contributed by atoms with E-state index >= 15 is 0 Å². The van der Waals surface area contributed by atoms with Gasteiger partial charge in [-0.3, -0.25) is 9.59 Å². The zero-order chi connectivity index (χ0) is 39.0. The summed E-state index contributed by atoms with van der Waals surface area (Å²) in [6.45, 7) is 16.3. The van der Waals surface area contributed by atoms with Crippen LogP contribution < -0.4 is 0 Å². The minimum Gasteiger partial charge on any atom is -0.459 e. The molecule has 3 saturated heterocycles. The maximum Gasteiger partial charge on any atom is 0.311 e. The van der Waals surface area contributed by atoms with Gasteiger partial charge >= 0.3 is 5.97 Å². The molecule has 0 saturated carbocycles. The van der Waals surface area contributed by atoms with E-state index in [1.54, 1.807) is 41.5 Å². The number of Topliss-reactive ketones (excluding diaryl/α,β-unsaturated/α-hetero) is 1. The third-order valence-corrected chi connectivity index (χ3v) is 11.8. The Kier molecular flexibility index (Phi) is 14.7. The Bertz CT molecular complexity index is 1170. The van der Waals surface area contributed by atoms with Gasteiger partial charge in [0.15, 0.2) is 12.6 Å². The lowest BCUT2D eigenvalue weighted by Crippen LogP contribution is -2.61. The number of esters is 1. The van der Waals surface area contributed by atoms with Crippen LogP contribution in [0.4, 0.5) is 0 Å². The minimum atomic E-state index is -1.99. The molecule has 8 unspecified atom stereocenters. The molecular weight excluding hydrogens is 666 g/mol. The third-order valence-electron chi connectivity index (χ3n) is 11.8. The molecule has 51 heavy (non-hydrogen) atoms. The molecule has 14 heteroatoms. The molecule has 0 aromatic rings. The van der Waals surface area contributed by atoms with E-state index in [1.807, 2.05) is 25.9 Å². The first-order valence-corrected chi connectivity index (χ1v) is 18.5. The highest BCUT2D eigenvalue weighted by Gasteiger charge is 2.53. The molecule has 0 radical (unpaired) electrons. The topological polar surface area (TPSA) is 194 Å². The normalized spacial score (nSPS) is 49.7. The third kappa shape index (κ3) is 9.51. The molecule has 0 amide bonds. The number of carbonyl (C=O) groups excluding carboxylic acids is 2. The summed E-state index contributed by atoms with van der Waals surface area (Å²) >= 11 is 0. The Labute approximate surface area is 304 Å². The van der Waals surface area contributed by atoms with Crippen LogP contribution in [0.15, 0.2) is 0 Å². The fourth-order valence-electron chi connectivity index (χ4n) is 8.41. The van der Waals surface area contributed by atoms with E-state index in [0.29, 0.717) is 6.42 Å². The van der Waals surface area contributed by atoms with Gasteiger partial charge in [0, 0.05) is 37.3 Å². The summed E-state index contributed by atoms with van der Waals surface area (Å²) in [6.07, 6.45) is -9.71. The van der Waals surface area contributed by atoms with E-state index in [0.717, 1.165) is 0 Å². The van der Waals surface area contributed by atoms with Crippen molar-refractivity contribution in [3.63, 3.8) is 0 Å². The summed E-state index contributed by atoms with van der Waals surface area (Å²) < 4.78 is 37.1. The number of ether oxygens (including phenoxy) is 6. The molecule has 0 bridgehead atoms. The van der Waals surface area contributed by atoms with Crippen LogP contribution >= 0.6 is 0 Å². The average Bonchev–Trinajstić information content (AvgIpc) is 3.05. The summed E-state index contributed by atoms with van der Waals surface area (Å²) in [4.78, 5) is 29.8. The molecule has 3 fully saturated rings. The minimum absolute atomic E-state index is 0.0936. The van der Waals surface area contributed by atoms with Gasteiger partial charge in [-0.25, -0.2) is 0 Å². The van der Waals surface area contributed by atoms with E-state index in [2.05, 4.69) is 0 Å². The molecule has 3 aliphatic rings. The number of rotatable bonds is 7. The van der Waals surface area contributed by atoms with Crippen molar-refractivity contribution in [3.05, 3.63) is 0 Å². The van der Waals surface area contributed by atoms with Crippen LogP contribution in [0.2, 0.25) is 0 Å². The zero-order valence-electron chi connectivity index (χ0n) is 32.9. The van der Waals surface area contributed by atoms with E-state index in [-0.39, 0.29) is 31.4 Å². The molecule has 18 atom stereocenters. The Morgan fingerprint density at radius 3 is 2.04 bits per heavy atom. The Morgan fingerprint density at radius 2 is 1.49 bits per heavy atom. The number of carbonyl (C=O) groups is 2. The van der Waals surface area contributed by atoms with Crippen LogP contribution in [0.5, 0.6) is 0 Å². The van der Waals surface area contributed by atoms with Crippen LogP contribution in [-0.2, 0) is 38.0 Å². The lowest BCUT2D eigenvalue weighted by molar-refractivity contribution is -0.318. The highest BCUT2D eigenvalue weighted by atomic mass is 16.7. The predicted octanol–water partition coefficient (Wildman–Crippen LogP) is 1.79. The molecular formula is C37H67NO13. The van der Waals surface area contributed by atoms with Crippen molar-refractivity contribution in [1.82, 2.24) is 4.90 Å². The van der Waals surface area contributed by atoms with Crippen molar-refractivity contribution < 1.29 is 63.5 Å². The summed E-state index contributed by atoms with van der Waals surface area (Å²) in [6, 6.07) is -0.324. The monoisotopic (exact) mass is 733 g/mol. The van der Waals surface area contributed by atoms with Crippen LogP contribution in [0, 0.1) is 23.7 Å². The van der Waals surface area contributed by atoms with Gasteiger partial charge in [0.05, 0.1) is 47.6 Å². The van der Waals surface area contributed by atoms with E-state index < -0.39 is 108 Å². The quantitative estimate of drug-likeness (QED) is 0.238. The fraction of sp³-hybridized carbons (Fsp3) is 0.946. The lowest BCUT2D eigenvalue weighted by atomic mass is 9.74. The maximum absolute atomic E-state index is 14.1. The first kappa shape index (κ1) is 44.1. The van der Waals surface area contributed by atoms with Gasteiger partial charge in [0.1, 0.15) is 29.7 Å². The number of hydrogen-bond donors (Lipinski definition) is 5. The van der Waals surface area contributed by atoms with Gasteiger partial charge in [-0.05, 0) is 74.9 Å². The van der Waals surface area contributed by atoms with Gasteiger partial charge in [0.2, 0.25) is 0 Å². The van der Waals surface area contributed by atoms with Gasteiger partial charge in [-0.2, -0.15) is 0 Å². The number of aliphatic hydroxyl groups excluding tert-OH is 3. The molecule has 3 rings (SSSR count). The SMILES string of the molecule is CCC1OC(=O)[C@H](C)[C@@H](OC2C[C@@](C)(OC)[C@@H](O)C(C)O2)[C@H](C)C(OC2O[C@H](C)C[C@H](N(C)C)C2O)[C@](C)(O)C[C@@H](C)C(=O)C(C)C(O)[C@]1(C)O. The van der Waals surface area contributed by atoms with Crippen LogP contribution in [0.1, 0.15) is 94.9 Å². The van der Waals surface area contributed by atoms with Gasteiger partial charge in [0.25, 0.3) is 0 Å². The maximum atomic E-state index is 14.1. The summed E-state index contributed by atoms with van der Waals surface area (Å²) in [5, 5.41) is 57.6. The molecule has 0 spiro atoms. The van der Waals surface area contributed by atoms with Crippen molar-refractivity contribution in [2.24, 2.45) is 23.7 Å². The number of cyclic esters (lactones) is 1. The van der Waals surface area contributed by atoms with Gasteiger partial charge in [-0.15, -0.1) is 0 Å². The molecule has 3 aliphatic heterocycles. The number of nitrogens with zero attached hydrogens (tertiary/aromatic N) is 1. The van der Waals surface area contributed by atoms with Crippen molar-refractivity contribution in [2.75, 3.05) is 21.2 Å². The van der Waals surface area contributed by atoms with Crippen molar-refractivity contribution in [2.45, 2.75) is 179 Å². The molecule has 3 heterocycles. The van der Waals surface area contributed by atoms with Gasteiger partial charge in [-0.1, -0.05) is 27.7 Å². The van der Waals surface area contributed by atoms with E-state index in [4.69, 9.17) is 28.4 Å². The standard InChI is InChI=1S/C37H67NO13/c1-14-25-37(10,45)30(41)20(4)27(39)18(2)16-35(8,44)32(51-34-28(40)24(38(11)12)15-19(3)47-34)21(5)29(22(6)33(43)49-25)50-26-17-36(9,46-13)31(42)23(7)48-26/h18-26,28-32,34,40-42,44-45H,14-17H2,1-13H3/t18-,19-,20?,21+,22-,23?,24+,25?,26?,28?,29+,30?,31+,32?,34?,35-,36-,37-/m1/s1. The fourth-order valence-corrected chi connectivity index (χ4v) is 8.41. The summed E-state index contributed by atoms with van der Waals surface area (Å²) in [7, 11) is 5.18. The van der Waals surface area contributed by atoms with Crippen LogP contribution in [0.25, 0.3) is 0 Å². The molecule has 5 N–H and O–H groups in total. The van der Waals surface area contributed by atoms with Crippen molar-refractivity contribution in [1.29, 1.82) is 0 Å². The highest BCUT2D eigenvalue weighted by molar-refractivity contribution is 5.83. The van der Waals surface area contributed by atoms with Crippen molar-refractivity contribution >= 4 is 11.8 Å². The predicted molar refractivity (Wildman–Crippen MR) is 186 cm³/mol. The molecule has 0 aromatic heterocycles. The number of likely N-dealkylation sites (N-methyl/N-ethyl adjacent to an activating group) is 1. The highest BCUT2D eigenvalue weighted by Crippen LogP contribution is 2.40. The second-order valence-corrected chi connectivity index (χ2v) is 16.5. The first-order chi connectivity index (χ1) is 23.4. The van der Waals surface area contributed by atoms with E-state index in [9.17, 15) is 35.1 Å². The van der Waals surface area contributed by atoms with Crippen LogP contribution in [0.3, 0.4) is 0 Å². The Morgan fingerprint density at radius 1 is 0.882 bits per heavy atom. The van der Waals surface area contributed by atoms with E-state index in [1.165, 1.54) is 27.9 Å². The number of ketones is 1. The molecule has 0 aromatic carbocycles. The second kappa shape index (κ2) is 17.0. The smallest absolute Gasteiger partial charge is 0.311 e. The van der Waals surface area contributed by atoms with Crippen molar-refractivity contribution in [3.8, 4) is 0 Å². The number of methoxy groups -OCH3 is 1.